The number of nitrogens with zero attached hydrogens (tertiary/aromatic N) is 1. The van der Waals surface area contributed by atoms with Crippen LogP contribution in [0.1, 0.15) is 43.9 Å². The summed E-state index contributed by atoms with van der Waals surface area (Å²) in [6.07, 6.45) is 0.852. The lowest BCUT2D eigenvalue weighted by atomic mass is 10.1. The van der Waals surface area contributed by atoms with Crippen LogP contribution in [0, 0.1) is 6.92 Å². The molecule has 4 nitrogen and oxygen atoms in total. The first-order chi connectivity index (χ1) is 13.7. The Morgan fingerprint density at radius 2 is 1.66 bits per heavy atom. The van der Waals surface area contributed by atoms with Gasteiger partial charge in [-0.2, -0.15) is 0 Å². The minimum atomic E-state index is -0.627. The molecule has 0 aliphatic carbocycles. The average Bonchev–Trinajstić information content (AvgIpc) is 2.69. The number of carbonyl (C=O) groups excluding carboxylic acids is 2. The van der Waals surface area contributed by atoms with Crippen LogP contribution in [0.2, 0.25) is 10.0 Å². The van der Waals surface area contributed by atoms with Crippen molar-refractivity contribution in [2.24, 2.45) is 0 Å². The number of halogens is 2. The lowest BCUT2D eigenvalue weighted by Crippen LogP contribution is -2.50. The topological polar surface area (TPSA) is 49.4 Å². The molecule has 0 radical (unpaired) electrons. The van der Waals surface area contributed by atoms with Crippen molar-refractivity contribution in [3.63, 3.8) is 0 Å². The Balaban J connectivity index is 2.31. The first-order valence-corrected chi connectivity index (χ1v) is 10.6. The average molecular weight is 435 g/mol. The molecule has 2 aromatic carbocycles. The van der Waals surface area contributed by atoms with Gasteiger partial charge in [0.1, 0.15) is 6.04 Å². The fraction of sp³-hybridized carbons (Fsp3) is 0.391. The van der Waals surface area contributed by atoms with Crippen molar-refractivity contribution in [1.29, 1.82) is 0 Å². The van der Waals surface area contributed by atoms with Crippen molar-refractivity contribution in [1.82, 2.24) is 10.2 Å². The van der Waals surface area contributed by atoms with E-state index >= 15 is 0 Å². The van der Waals surface area contributed by atoms with Crippen LogP contribution in [-0.4, -0.2) is 28.8 Å². The normalized spacial score (nSPS) is 12.9. The summed E-state index contributed by atoms with van der Waals surface area (Å²) in [6, 6.07) is 12.4. The highest BCUT2D eigenvalue weighted by Gasteiger charge is 2.28. The minimum absolute atomic E-state index is 0.0331. The van der Waals surface area contributed by atoms with E-state index < -0.39 is 6.04 Å². The van der Waals surface area contributed by atoms with Gasteiger partial charge in [0, 0.05) is 22.6 Å². The van der Waals surface area contributed by atoms with Gasteiger partial charge in [0.05, 0.1) is 6.42 Å². The van der Waals surface area contributed by atoms with Crippen molar-refractivity contribution < 1.29 is 9.59 Å². The van der Waals surface area contributed by atoms with Crippen LogP contribution in [0.4, 0.5) is 0 Å². The van der Waals surface area contributed by atoms with Gasteiger partial charge < -0.3 is 10.2 Å². The first-order valence-electron chi connectivity index (χ1n) is 9.81. The highest BCUT2D eigenvalue weighted by Crippen LogP contribution is 2.26. The molecule has 0 aromatic heterocycles. The van der Waals surface area contributed by atoms with Gasteiger partial charge in [0.2, 0.25) is 11.8 Å². The second kappa shape index (κ2) is 10.7. The predicted molar refractivity (Wildman–Crippen MR) is 119 cm³/mol. The van der Waals surface area contributed by atoms with E-state index in [4.69, 9.17) is 23.2 Å². The van der Waals surface area contributed by atoms with Crippen molar-refractivity contribution in [3.8, 4) is 0 Å². The largest absolute Gasteiger partial charge is 0.352 e. The van der Waals surface area contributed by atoms with Gasteiger partial charge >= 0.3 is 0 Å². The molecule has 0 spiro atoms. The zero-order chi connectivity index (χ0) is 21.6. The van der Waals surface area contributed by atoms with E-state index in [1.165, 1.54) is 0 Å². The molecule has 0 fully saturated rings. The summed E-state index contributed by atoms with van der Waals surface area (Å²) >= 11 is 12.5. The third-order valence-electron chi connectivity index (χ3n) is 5.16. The molecule has 6 heteroatoms. The molecule has 0 saturated carbocycles. The minimum Gasteiger partial charge on any atom is -0.352 e. The Morgan fingerprint density at radius 3 is 2.24 bits per heavy atom. The number of benzene rings is 2. The molecule has 2 aromatic rings. The monoisotopic (exact) mass is 434 g/mol. The van der Waals surface area contributed by atoms with Crippen molar-refractivity contribution in [2.45, 2.75) is 59.2 Å². The summed E-state index contributed by atoms with van der Waals surface area (Å²) in [6.45, 7) is 8.03. The molecule has 0 saturated heterocycles. The van der Waals surface area contributed by atoms with Crippen molar-refractivity contribution in [3.05, 3.63) is 69.2 Å². The van der Waals surface area contributed by atoms with Gasteiger partial charge in [0.15, 0.2) is 0 Å². The smallest absolute Gasteiger partial charge is 0.242 e. The number of amides is 2. The van der Waals surface area contributed by atoms with Gasteiger partial charge in [-0.05, 0) is 56.0 Å². The SMILES string of the molecule is CC[C@@H](C)NC(=O)[C@@H](C)N(Cc1ccccc1C)C(=O)Cc1c(Cl)cccc1Cl. The number of nitrogens with one attached hydrogen (secondary N) is 1. The quantitative estimate of drug-likeness (QED) is 0.622. The predicted octanol–water partition coefficient (Wildman–Crippen LogP) is 5.18. The molecule has 0 aliphatic heterocycles. The lowest BCUT2D eigenvalue weighted by molar-refractivity contribution is -0.140. The summed E-state index contributed by atoms with van der Waals surface area (Å²) in [5, 5.41) is 3.85. The second-order valence-corrected chi connectivity index (χ2v) is 8.13. The molecule has 0 aliphatic rings. The Morgan fingerprint density at radius 1 is 1.03 bits per heavy atom. The number of hydrogen-bond donors (Lipinski definition) is 1. The van der Waals surface area contributed by atoms with E-state index in [9.17, 15) is 9.59 Å². The van der Waals surface area contributed by atoms with E-state index in [0.29, 0.717) is 22.2 Å². The zero-order valence-electron chi connectivity index (χ0n) is 17.3. The van der Waals surface area contributed by atoms with Crippen molar-refractivity contribution >= 4 is 35.0 Å². The molecule has 0 unspecified atom stereocenters. The Hall–Kier alpha value is -2.04. The lowest BCUT2D eigenvalue weighted by Gasteiger charge is -2.30. The van der Waals surface area contributed by atoms with Crippen molar-refractivity contribution in [2.75, 3.05) is 0 Å². The van der Waals surface area contributed by atoms with E-state index in [1.807, 2.05) is 45.0 Å². The highest BCUT2D eigenvalue weighted by molar-refractivity contribution is 6.36. The maximum absolute atomic E-state index is 13.3. The van der Waals surface area contributed by atoms with Crippen LogP contribution >= 0.6 is 23.2 Å². The van der Waals surface area contributed by atoms with Crippen LogP contribution < -0.4 is 5.32 Å². The standard InChI is InChI=1S/C23H28Cl2N2O2/c1-5-16(3)26-23(29)17(4)27(14-18-10-7-6-9-15(18)2)22(28)13-19-20(24)11-8-12-21(19)25/h6-12,16-17H,5,13-14H2,1-4H3,(H,26,29)/t16-,17-/m1/s1. The summed E-state index contributed by atoms with van der Waals surface area (Å²) in [4.78, 5) is 27.6. The summed E-state index contributed by atoms with van der Waals surface area (Å²) < 4.78 is 0. The Labute approximate surface area is 183 Å². The number of carbonyl (C=O) groups is 2. The van der Waals surface area contributed by atoms with Crippen LogP contribution in [0.3, 0.4) is 0 Å². The third kappa shape index (κ3) is 6.22. The summed E-state index contributed by atoms with van der Waals surface area (Å²) in [5.41, 5.74) is 2.63. The number of hydrogen-bond acceptors (Lipinski definition) is 2. The van der Waals surface area contributed by atoms with E-state index in [-0.39, 0.29) is 24.3 Å². The van der Waals surface area contributed by atoms with Gasteiger partial charge in [-0.3, -0.25) is 9.59 Å². The van der Waals surface area contributed by atoms with E-state index in [1.54, 1.807) is 30.0 Å². The molecule has 29 heavy (non-hydrogen) atoms. The number of aryl methyl sites for hydroxylation is 1. The third-order valence-corrected chi connectivity index (χ3v) is 5.87. The Bertz CT molecular complexity index is 849. The molecular weight excluding hydrogens is 407 g/mol. The van der Waals surface area contributed by atoms with E-state index in [2.05, 4.69) is 5.32 Å². The molecule has 2 rings (SSSR count). The second-order valence-electron chi connectivity index (χ2n) is 7.32. The molecule has 2 amide bonds. The first kappa shape index (κ1) is 23.2. The fourth-order valence-corrected chi connectivity index (χ4v) is 3.50. The zero-order valence-corrected chi connectivity index (χ0v) is 18.8. The van der Waals surface area contributed by atoms with Crippen LogP contribution in [-0.2, 0) is 22.6 Å². The fourth-order valence-electron chi connectivity index (χ4n) is 2.97. The van der Waals surface area contributed by atoms with E-state index in [0.717, 1.165) is 17.5 Å². The van der Waals surface area contributed by atoms with Gasteiger partial charge in [0.25, 0.3) is 0 Å². The number of rotatable bonds is 8. The summed E-state index contributed by atoms with van der Waals surface area (Å²) in [7, 11) is 0. The van der Waals surface area contributed by atoms with Gasteiger partial charge in [-0.15, -0.1) is 0 Å². The van der Waals surface area contributed by atoms with Gasteiger partial charge in [-0.25, -0.2) is 0 Å². The maximum atomic E-state index is 13.3. The molecular formula is C23H28Cl2N2O2. The maximum Gasteiger partial charge on any atom is 0.242 e. The molecule has 0 bridgehead atoms. The van der Waals surface area contributed by atoms with Crippen LogP contribution in [0.5, 0.6) is 0 Å². The highest BCUT2D eigenvalue weighted by atomic mass is 35.5. The Kier molecular flexibility index (Phi) is 8.54. The molecule has 156 valence electrons. The van der Waals surface area contributed by atoms with Gasteiger partial charge in [-0.1, -0.05) is 60.5 Å². The molecule has 0 heterocycles. The van der Waals surface area contributed by atoms with Crippen LogP contribution in [0.15, 0.2) is 42.5 Å². The molecule has 1 N–H and O–H groups in total. The molecule has 2 atom stereocenters. The van der Waals surface area contributed by atoms with Crippen LogP contribution in [0.25, 0.3) is 0 Å². The summed E-state index contributed by atoms with van der Waals surface area (Å²) in [5.74, 6) is -0.374.